The second-order valence-corrected chi connectivity index (χ2v) is 6.71. The monoisotopic (exact) mass is 302 g/mol. The van der Waals surface area contributed by atoms with E-state index >= 15 is 0 Å². The molecule has 0 aromatic heterocycles. The quantitative estimate of drug-likeness (QED) is 0.629. The van der Waals surface area contributed by atoms with Crippen LogP contribution in [0.25, 0.3) is 0 Å². The van der Waals surface area contributed by atoms with Gasteiger partial charge in [-0.05, 0) is 12.0 Å². The largest absolute Gasteiger partial charge is 0.395 e. The van der Waals surface area contributed by atoms with Crippen molar-refractivity contribution in [3.8, 4) is 0 Å². The molecule has 0 aliphatic carbocycles. The smallest absolute Gasteiger partial charge is 0.289 e. The molecular weight excluding hydrogens is 284 g/mol. The Labute approximate surface area is 118 Å². The number of likely N-dealkylation sites (N-methyl/N-ethyl adjacent to an activating group) is 1. The molecule has 20 heavy (non-hydrogen) atoms. The molecule has 1 aromatic carbocycles. The number of hydrogen-bond acceptors (Lipinski definition) is 5. The first-order chi connectivity index (χ1) is 9.23. The van der Waals surface area contributed by atoms with Gasteiger partial charge in [0.2, 0.25) is 10.0 Å². The molecule has 1 unspecified atom stereocenters. The Bertz CT molecular complexity index is 585. The minimum Gasteiger partial charge on any atom is -0.395 e. The molecule has 0 spiro atoms. The first-order valence-corrected chi connectivity index (χ1v) is 7.49. The molecule has 0 aliphatic heterocycles. The van der Waals surface area contributed by atoms with Gasteiger partial charge >= 0.3 is 0 Å². The van der Waals surface area contributed by atoms with Crippen molar-refractivity contribution < 1.29 is 18.4 Å². The molecule has 0 amide bonds. The maximum atomic E-state index is 12.5. The molecule has 1 rings (SSSR count). The Kier molecular flexibility index (Phi) is 5.21. The van der Waals surface area contributed by atoms with E-state index in [4.69, 9.17) is 0 Å². The van der Waals surface area contributed by atoms with Gasteiger partial charge in [-0.25, -0.2) is 8.42 Å². The Hall–Kier alpha value is -1.51. The van der Waals surface area contributed by atoms with Crippen LogP contribution in [0.15, 0.2) is 29.2 Å². The summed E-state index contributed by atoms with van der Waals surface area (Å²) < 4.78 is 25.9. The highest BCUT2D eigenvalue weighted by molar-refractivity contribution is 7.89. The van der Waals surface area contributed by atoms with Crippen molar-refractivity contribution in [3.63, 3.8) is 0 Å². The summed E-state index contributed by atoms with van der Waals surface area (Å²) >= 11 is 0. The van der Waals surface area contributed by atoms with Gasteiger partial charge in [0.15, 0.2) is 4.90 Å². The summed E-state index contributed by atoms with van der Waals surface area (Å²) in [5.41, 5.74) is -0.472. The van der Waals surface area contributed by atoms with Crippen LogP contribution in [0.1, 0.15) is 13.8 Å². The highest BCUT2D eigenvalue weighted by atomic mass is 32.2. The fraction of sp³-hybridized carbons (Fsp3) is 0.500. The number of aliphatic hydroxyl groups is 1. The number of nitrogens with zero attached hydrogens (tertiary/aromatic N) is 2. The average molecular weight is 302 g/mol. The second-order valence-electron chi connectivity index (χ2n) is 4.74. The van der Waals surface area contributed by atoms with Crippen LogP contribution in [0.3, 0.4) is 0 Å². The van der Waals surface area contributed by atoms with Crippen LogP contribution in [0.5, 0.6) is 0 Å². The summed E-state index contributed by atoms with van der Waals surface area (Å²) in [6.07, 6.45) is 0. The maximum absolute atomic E-state index is 12.5. The number of nitro benzene ring substituents is 1. The van der Waals surface area contributed by atoms with Gasteiger partial charge in [-0.1, -0.05) is 26.0 Å². The van der Waals surface area contributed by atoms with Crippen LogP contribution in [-0.2, 0) is 10.0 Å². The van der Waals surface area contributed by atoms with Gasteiger partial charge < -0.3 is 5.11 Å². The van der Waals surface area contributed by atoms with Gasteiger partial charge in [-0.15, -0.1) is 0 Å². The van der Waals surface area contributed by atoms with Crippen molar-refractivity contribution in [2.75, 3.05) is 13.7 Å². The summed E-state index contributed by atoms with van der Waals surface area (Å²) in [5.74, 6) is -0.123. The number of benzene rings is 1. The van der Waals surface area contributed by atoms with Crippen molar-refractivity contribution >= 4 is 15.7 Å². The van der Waals surface area contributed by atoms with Gasteiger partial charge in [0, 0.05) is 13.1 Å². The van der Waals surface area contributed by atoms with E-state index in [-0.39, 0.29) is 17.4 Å². The van der Waals surface area contributed by atoms with Gasteiger partial charge in [0.1, 0.15) is 0 Å². The van der Waals surface area contributed by atoms with E-state index in [1.807, 2.05) is 0 Å². The molecule has 8 heteroatoms. The minimum absolute atomic E-state index is 0.123. The maximum Gasteiger partial charge on any atom is 0.289 e. The SMILES string of the molecule is CC(C)C(CO)N(C)S(=O)(=O)c1ccccc1[N+](=O)[O-]. The molecule has 112 valence electrons. The van der Waals surface area contributed by atoms with Crippen LogP contribution in [0.4, 0.5) is 5.69 Å². The van der Waals surface area contributed by atoms with E-state index in [1.165, 1.54) is 25.2 Å². The molecule has 1 aromatic rings. The zero-order valence-electron chi connectivity index (χ0n) is 11.6. The van der Waals surface area contributed by atoms with Crippen LogP contribution in [0, 0.1) is 16.0 Å². The molecule has 0 saturated carbocycles. The Balaban J connectivity index is 3.34. The third kappa shape index (κ3) is 3.14. The summed E-state index contributed by atoms with van der Waals surface area (Å²) in [6, 6.07) is 4.53. The summed E-state index contributed by atoms with van der Waals surface area (Å²) in [7, 11) is -2.73. The highest BCUT2D eigenvalue weighted by Crippen LogP contribution is 2.27. The highest BCUT2D eigenvalue weighted by Gasteiger charge is 2.34. The zero-order chi connectivity index (χ0) is 15.5. The lowest BCUT2D eigenvalue weighted by atomic mass is 10.1. The fourth-order valence-electron chi connectivity index (χ4n) is 1.91. The first-order valence-electron chi connectivity index (χ1n) is 6.05. The van der Waals surface area contributed by atoms with E-state index in [9.17, 15) is 23.6 Å². The molecule has 0 bridgehead atoms. The van der Waals surface area contributed by atoms with Gasteiger partial charge in [0.05, 0.1) is 17.6 Å². The third-order valence-corrected chi connectivity index (χ3v) is 5.07. The second kappa shape index (κ2) is 6.29. The predicted octanol–water partition coefficient (Wildman–Crippen LogP) is 1.23. The van der Waals surface area contributed by atoms with E-state index in [1.54, 1.807) is 13.8 Å². The summed E-state index contributed by atoms with van der Waals surface area (Å²) in [4.78, 5) is 9.84. The normalized spacial score (nSPS) is 13.7. The average Bonchev–Trinajstić information content (AvgIpc) is 2.38. The fourth-order valence-corrected chi connectivity index (χ4v) is 3.54. The number of para-hydroxylation sites is 1. The van der Waals surface area contributed by atoms with E-state index in [0.717, 1.165) is 10.4 Å². The molecule has 0 saturated heterocycles. The van der Waals surface area contributed by atoms with Crippen LogP contribution >= 0.6 is 0 Å². The number of sulfonamides is 1. The molecular formula is C12H18N2O5S. The predicted molar refractivity (Wildman–Crippen MR) is 73.8 cm³/mol. The van der Waals surface area contributed by atoms with Crippen molar-refractivity contribution in [1.82, 2.24) is 4.31 Å². The minimum atomic E-state index is -4.04. The van der Waals surface area contributed by atoms with Crippen molar-refractivity contribution in [3.05, 3.63) is 34.4 Å². The number of nitro groups is 1. The lowest BCUT2D eigenvalue weighted by Crippen LogP contribution is -2.42. The van der Waals surface area contributed by atoms with Gasteiger partial charge in [0.25, 0.3) is 5.69 Å². The van der Waals surface area contributed by atoms with Crippen LogP contribution in [-0.4, -0.2) is 42.4 Å². The molecule has 0 fully saturated rings. The van der Waals surface area contributed by atoms with E-state index in [0.29, 0.717) is 0 Å². The number of hydrogen-bond donors (Lipinski definition) is 1. The standard InChI is InChI=1S/C12H18N2O5S/c1-9(2)11(8-15)13(3)20(18,19)12-7-5-4-6-10(12)14(16)17/h4-7,9,11,15H,8H2,1-3H3. The zero-order valence-corrected chi connectivity index (χ0v) is 12.4. The van der Waals surface area contributed by atoms with E-state index in [2.05, 4.69) is 0 Å². The van der Waals surface area contributed by atoms with Crippen LogP contribution in [0.2, 0.25) is 0 Å². The molecule has 0 aliphatic rings. The van der Waals surface area contributed by atoms with Crippen LogP contribution < -0.4 is 0 Å². The van der Waals surface area contributed by atoms with E-state index < -0.39 is 26.7 Å². The molecule has 7 nitrogen and oxygen atoms in total. The topological polar surface area (TPSA) is 101 Å². The Morgan fingerprint density at radius 2 is 1.90 bits per heavy atom. The van der Waals surface area contributed by atoms with Gasteiger partial charge in [-0.2, -0.15) is 4.31 Å². The lowest BCUT2D eigenvalue weighted by Gasteiger charge is -2.28. The molecule has 0 radical (unpaired) electrons. The summed E-state index contributed by atoms with van der Waals surface area (Å²) in [5, 5.41) is 20.3. The Morgan fingerprint density at radius 1 is 1.35 bits per heavy atom. The van der Waals surface area contributed by atoms with Gasteiger partial charge in [-0.3, -0.25) is 10.1 Å². The first kappa shape index (κ1) is 16.5. The number of rotatable bonds is 6. The van der Waals surface area contributed by atoms with Crippen molar-refractivity contribution in [2.45, 2.75) is 24.8 Å². The third-order valence-electron chi connectivity index (χ3n) is 3.14. The summed E-state index contributed by atoms with van der Waals surface area (Å²) in [6.45, 7) is 3.19. The molecule has 1 atom stereocenters. The van der Waals surface area contributed by atoms with Crippen molar-refractivity contribution in [1.29, 1.82) is 0 Å². The van der Waals surface area contributed by atoms with Crippen molar-refractivity contribution in [2.24, 2.45) is 5.92 Å². The molecule has 1 N–H and O–H groups in total. The lowest BCUT2D eigenvalue weighted by molar-refractivity contribution is -0.387. The molecule has 0 heterocycles. The number of aliphatic hydroxyl groups excluding tert-OH is 1. The Morgan fingerprint density at radius 3 is 2.35 bits per heavy atom.